The minimum atomic E-state index is -1.16. The molecule has 0 aliphatic heterocycles. The van der Waals surface area contributed by atoms with E-state index in [1.54, 1.807) is 25.1 Å². The van der Waals surface area contributed by atoms with Crippen molar-refractivity contribution in [2.24, 2.45) is 0 Å². The number of nitriles is 1. The van der Waals surface area contributed by atoms with Crippen LogP contribution < -0.4 is 15.0 Å². The van der Waals surface area contributed by atoms with Crippen molar-refractivity contribution < 1.29 is 19.4 Å². The molecule has 25 heavy (non-hydrogen) atoms. The second-order valence-corrected chi connectivity index (χ2v) is 5.12. The molecule has 1 aromatic carbocycles. The molecule has 1 atom stereocenters. The number of aromatic nitrogens is 2. The molecule has 0 aliphatic rings. The maximum Gasteiger partial charge on any atom is 0.326 e. The number of methoxy groups -OCH3 is 2. The van der Waals surface area contributed by atoms with Gasteiger partial charge in [0.25, 0.3) is 5.56 Å². The Labute approximate surface area is 143 Å². The van der Waals surface area contributed by atoms with Crippen LogP contribution in [-0.4, -0.2) is 34.8 Å². The number of ether oxygens (including phenoxy) is 2. The average molecular weight is 343 g/mol. The van der Waals surface area contributed by atoms with Gasteiger partial charge in [0, 0.05) is 5.56 Å². The molecule has 130 valence electrons. The molecule has 0 amide bonds. The van der Waals surface area contributed by atoms with E-state index in [-0.39, 0.29) is 17.7 Å². The Morgan fingerprint density at radius 1 is 1.36 bits per heavy atom. The van der Waals surface area contributed by atoms with Crippen LogP contribution in [0, 0.1) is 11.3 Å². The standard InChI is InChI=1S/C17H17N3O5/c1-4-12(17(22)23)20-9-19-15(11(8-18)16(20)21)10-5-6-13(24-2)14(7-10)25-3/h5-7,9,12H,4H2,1-3H3,(H,22,23). The van der Waals surface area contributed by atoms with E-state index in [0.29, 0.717) is 17.1 Å². The largest absolute Gasteiger partial charge is 0.493 e. The van der Waals surface area contributed by atoms with Crippen LogP contribution in [0.5, 0.6) is 11.5 Å². The van der Waals surface area contributed by atoms with Crippen molar-refractivity contribution in [3.8, 4) is 28.8 Å². The van der Waals surface area contributed by atoms with Crippen molar-refractivity contribution in [2.45, 2.75) is 19.4 Å². The van der Waals surface area contributed by atoms with Crippen molar-refractivity contribution in [3.05, 3.63) is 40.4 Å². The van der Waals surface area contributed by atoms with E-state index < -0.39 is 17.6 Å². The summed E-state index contributed by atoms with van der Waals surface area (Å²) >= 11 is 0. The summed E-state index contributed by atoms with van der Waals surface area (Å²) in [6.45, 7) is 1.64. The number of carboxylic acids is 1. The van der Waals surface area contributed by atoms with Gasteiger partial charge in [0.2, 0.25) is 0 Å². The summed E-state index contributed by atoms with van der Waals surface area (Å²) in [6, 6.07) is 5.62. The van der Waals surface area contributed by atoms with Gasteiger partial charge in [0.1, 0.15) is 17.7 Å². The van der Waals surface area contributed by atoms with E-state index in [4.69, 9.17) is 9.47 Å². The van der Waals surface area contributed by atoms with Gasteiger partial charge >= 0.3 is 5.97 Å². The summed E-state index contributed by atoms with van der Waals surface area (Å²) in [5, 5.41) is 18.6. The first kappa shape index (κ1) is 18.0. The molecule has 0 spiro atoms. The highest BCUT2D eigenvalue weighted by Crippen LogP contribution is 2.32. The molecule has 1 N–H and O–H groups in total. The summed E-state index contributed by atoms with van der Waals surface area (Å²) in [7, 11) is 2.96. The summed E-state index contributed by atoms with van der Waals surface area (Å²) in [5.74, 6) is -0.240. The fraction of sp³-hybridized carbons (Fsp3) is 0.294. The van der Waals surface area contributed by atoms with E-state index in [1.807, 2.05) is 6.07 Å². The van der Waals surface area contributed by atoms with Crippen LogP contribution in [0.2, 0.25) is 0 Å². The SMILES string of the molecule is CCC(C(=O)O)n1cnc(-c2ccc(OC)c(OC)c2)c(C#N)c1=O. The van der Waals surface area contributed by atoms with Gasteiger partial charge in [0.15, 0.2) is 11.5 Å². The summed E-state index contributed by atoms with van der Waals surface area (Å²) in [4.78, 5) is 28.0. The zero-order chi connectivity index (χ0) is 18.6. The molecule has 1 aromatic heterocycles. The molecule has 2 rings (SSSR count). The van der Waals surface area contributed by atoms with Gasteiger partial charge in [-0.1, -0.05) is 6.92 Å². The third-order valence-electron chi connectivity index (χ3n) is 3.77. The first-order chi connectivity index (χ1) is 12.0. The lowest BCUT2D eigenvalue weighted by Gasteiger charge is -2.15. The first-order valence-corrected chi connectivity index (χ1v) is 7.44. The fourth-order valence-corrected chi connectivity index (χ4v) is 2.48. The van der Waals surface area contributed by atoms with Crippen LogP contribution in [0.25, 0.3) is 11.3 Å². The summed E-state index contributed by atoms with van der Waals surface area (Å²) in [5.41, 5.74) is -0.280. The molecule has 0 fully saturated rings. The van der Waals surface area contributed by atoms with Crippen molar-refractivity contribution in [3.63, 3.8) is 0 Å². The number of hydrogen-bond acceptors (Lipinski definition) is 6. The van der Waals surface area contributed by atoms with Crippen molar-refractivity contribution in [1.29, 1.82) is 5.26 Å². The number of hydrogen-bond donors (Lipinski definition) is 1. The molecule has 8 heteroatoms. The molecule has 1 unspecified atom stereocenters. The number of carbonyl (C=O) groups is 1. The maximum atomic E-state index is 12.6. The number of benzene rings is 1. The van der Waals surface area contributed by atoms with Crippen molar-refractivity contribution in [1.82, 2.24) is 9.55 Å². The second kappa shape index (κ2) is 7.49. The Kier molecular flexibility index (Phi) is 5.39. The summed E-state index contributed by atoms with van der Waals surface area (Å²) < 4.78 is 11.3. The number of nitrogens with zero attached hydrogens (tertiary/aromatic N) is 3. The minimum Gasteiger partial charge on any atom is -0.493 e. The average Bonchev–Trinajstić information content (AvgIpc) is 2.62. The number of carboxylic acid groups (broad SMARTS) is 1. The molecule has 0 saturated carbocycles. The molecule has 2 aromatic rings. The van der Waals surface area contributed by atoms with E-state index in [2.05, 4.69) is 4.98 Å². The Morgan fingerprint density at radius 2 is 2.04 bits per heavy atom. The van der Waals surface area contributed by atoms with Gasteiger partial charge in [-0.2, -0.15) is 5.26 Å². The normalized spacial score (nSPS) is 11.4. The predicted molar refractivity (Wildman–Crippen MR) is 88.7 cm³/mol. The van der Waals surface area contributed by atoms with Gasteiger partial charge in [-0.3, -0.25) is 9.36 Å². The lowest BCUT2D eigenvalue weighted by molar-refractivity contribution is -0.141. The van der Waals surface area contributed by atoms with Crippen molar-refractivity contribution >= 4 is 5.97 Å². The van der Waals surface area contributed by atoms with Crippen LogP contribution in [-0.2, 0) is 4.79 Å². The van der Waals surface area contributed by atoms with Gasteiger partial charge in [-0.25, -0.2) is 9.78 Å². The minimum absolute atomic E-state index is 0.157. The number of rotatable bonds is 6. The Balaban J connectivity index is 2.65. The molecule has 8 nitrogen and oxygen atoms in total. The monoisotopic (exact) mass is 343 g/mol. The highest BCUT2D eigenvalue weighted by molar-refractivity contribution is 5.72. The molecular weight excluding hydrogens is 326 g/mol. The first-order valence-electron chi connectivity index (χ1n) is 7.44. The van der Waals surface area contributed by atoms with Gasteiger partial charge in [-0.15, -0.1) is 0 Å². The zero-order valence-electron chi connectivity index (χ0n) is 14.0. The van der Waals surface area contributed by atoms with E-state index in [0.717, 1.165) is 10.9 Å². The maximum absolute atomic E-state index is 12.6. The molecule has 1 heterocycles. The van der Waals surface area contributed by atoms with Crippen LogP contribution in [0.15, 0.2) is 29.3 Å². The lowest BCUT2D eigenvalue weighted by atomic mass is 10.1. The fourth-order valence-electron chi connectivity index (χ4n) is 2.48. The van der Waals surface area contributed by atoms with E-state index in [9.17, 15) is 20.0 Å². The number of aliphatic carboxylic acids is 1. The second-order valence-electron chi connectivity index (χ2n) is 5.12. The van der Waals surface area contributed by atoms with Crippen LogP contribution in [0.3, 0.4) is 0 Å². The predicted octanol–water partition coefficient (Wildman–Crippen LogP) is 1.83. The molecule has 0 saturated heterocycles. The van der Waals surface area contributed by atoms with E-state index >= 15 is 0 Å². The third kappa shape index (κ3) is 3.30. The smallest absolute Gasteiger partial charge is 0.326 e. The van der Waals surface area contributed by atoms with Crippen LogP contribution in [0.1, 0.15) is 24.9 Å². The zero-order valence-corrected chi connectivity index (χ0v) is 14.0. The highest BCUT2D eigenvalue weighted by Gasteiger charge is 2.22. The van der Waals surface area contributed by atoms with Crippen LogP contribution >= 0.6 is 0 Å². The quantitative estimate of drug-likeness (QED) is 0.851. The Hall–Kier alpha value is -3.34. The van der Waals surface area contributed by atoms with Gasteiger partial charge in [0.05, 0.1) is 26.2 Å². The van der Waals surface area contributed by atoms with E-state index in [1.165, 1.54) is 14.2 Å². The highest BCUT2D eigenvalue weighted by atomic mass is 16.5. The van der Waals surface area contributed by atoms with Crippen molar-refractivity contribution in [2.75, 3.05) is 14.2 Å². The summed E-state index contributed by atoms with van der Waals surface area (Å²) in [6.07, 6.45) is 1.34. The van der Waals surface area contributed by atoms with Gasteiger partial charge in [-0.05, 0) is 24.6 Å². The third-order valence-corrected chi connectivity index (χ3v) is 3.77. The van der Waals surface area contributed by atoms with Crippen LogP contribution in [0.4, 0.5) is 0 Å². The Bertz CT molecular complexity index is 898. The topological polar surface area (TPSA) is 114 Å². The molecule has 0 radical (unpaired) electrons. The lowest BCUT2D eigenvalue weighted by Crippen LogP contribution is -2.31. The van der Waals surface area contributed by atoms with Gasteiger partial charge < -0.3 is 14.6 Å². The molecule has 0 bridgehead atoms. The molecule has 0 aliphatic carbocycles. The molecular formula is C17H17N3O5. The Morgan fingerprint density at radius 3 is 2.56 bits per heavy atom.